The normalized spacial score (nSPS) is 19.0. The van der Waals surface area contributed by atoms with Crippen LogP contribution < -0.4 is 20.5 Å². The number of carbonyl (C=O) groups excluding carboxylic acids is 1. The summed E-state index contributed by atoms with van der Waals surface area (Å²) < 4.78 is 10.4. The first-order valence-corrected chi connectivity index (χ1v) is 6.99. The van der Waals surface area contributed by atoms with Gasteiger partial charge in [0.05, 0.1) is 25.5 Å². The van der Waals surface area contributed by atoms with Gasteiger partial charge in [-0.05, 0) is 16.9 Å². The second-order valence-corrected chi connectivity index (χ2v) is 6.64. The minimum absolute atomic E-state index is 0.0698. The second-order valence-electron chi connectivity index (χ2n) is 6.64. The third-order valence-corrected chi connectivity index (χ3v) is 5.11. The van der Waals surface area contributed by atoms with Gasteiger partial charge in [0.2, 0.25) is 0 Å². The summed E-state index contributed by atoms with van der Waals surface area (Å²) in [6.07, 6.45) is 0. The van der Waals surface area contributed by atoms with E-state index in [0.29, 0.717) is 22.7 Å². The van der Waals surface area contributed by atoms with Gasteiger partial charge in [0.15, 0.2) is 0 Å². The van der Waals surface area contributed by atoms with E-state index in [0.717, 1.165) is 0 Å². The van der Waals surface area contributed by atoms with Crippen molar-refractivity contribution >= 4 is 11.6 Å². The lowest BCUT2D eigenvalue weighted by atomic mass is 10.0. The minimum Gasteiger partial charge on any atom is -0.497 e. The van der Waals surface area contributed by atoms with Crippen LogP contribution in [0.1, 0.15) is 38.1 Å². The molecule has 2 rings (SSSR count). The molecular weight excluding hydrogens is 268 g/mol. The van der Waals surface area contributed by atoms with Crippen molar-refractivity contribution in [3.05, 3.63) is 17.7 Å². The van der Waals surface area contributed by atoms with Crippen molar-refractivity contribution in [3.8, 4) is 11.5 Å². The van der Waals surface area contributed by atoms with Gasteiger partial charge >= 0.3 is 0 Å². The van der Waals surface area contributed by atoms with Crippen molar-refractivity contribution in [2.45, 2.75) is 33.7 Å². The molecule has 5 heteroatoms. The molecule has 1 aliphatic rings. The van der Waals surface area contributed by atoms with Crippen LogP contribution in [0.25, 0.3) is 0 Å². The fraction of sp³-hybridized carbons (Fsp3) is 0.562. The molecule has 0 unspecified atom stereocenters. The van der Waals surface area contributed by atoms with Gasteiger partial charge in [-0.3, -0.25) is 4.79 Å². The first-order chi connectivity index (χ1) is 9.66. The van der Waals surface area contributed by atoms with E-state index in [1.807, 2.05) is 0 Å². The number of ether oxygens (including phenoxy) is 2. The molecule has 0 saturated heterocycles. The monoisotopic (exact) mass is 292 g/mol. The van der Waals surface area contributed by atoms with Crippen LogP contribution in [0, 0.1) is 10.8 Å². The SMILES string of the molecule is COc1cc(OC)c(N)c(C(=O)NC2C(C)(C)C2(C)C)c1. The number of methoxy groups -OCH3 is 2. The Bertz CT molecular complexity index is 565. The molecule has 0 radical (unpaired) electrons. The number of nitrogens with one attached hydrogen (secondary N) is 1. The molecule has 0 spiro atoms. The lowest BCUT2D eigenvalue weighted by molar-refractivity contribution is 0.0944. The molecule has 21 heavy (non-hydrogen) atoms. The molecule has 0 aromatic heterocycles. The van der Waals surface area contributed by atoms with Crippen molar-refractivity contribution in [3.63, 3.8) is 0 Å². The molecule has 5 nitrogen and oxygen atoms in total. The van der Waals surface area contributed by atoms with Gasteiger partial charge in [0.1, 0.15) is 11.5 Å². The number of nitrogens with two attached hydrogens (primary N) is 1. The fourth-order valence-electron chi connectivity index (χ4n) is 2.84. The molecule has 1 aliphatic carbocycles. The number of amides is 1. The molecule has 0 heterocycles. The van der Waals surface area contributed by atoms with Gasteiger partial charge in [0.25, 0.3) is 5.91 Å². The summed E-state index contributed by atoms with van der Waals surface area (Å²) in [7, 11) is 3.06. The maximum Gasteiger partial charge on any atom is 0.253 e. The molecule has 3 N–H and O–H groups in total. The van der Waals surface area contributed by atoms with Gasteiger partial charge in [-0.2, -0.15) is 0 Å². The van der Waals surface area contributed by atoms with Crippen LogP contribution in [-0.2, 0) is 0 Å². The number of rotatable bonds is 4. The largest absolute Gasteiger partial charge is 0.497 e. The quantitative estimate of drug-likeness (QED) is 0.836. The topological polar surface area (TPSA) is 73.6 Å². The molecule has 0 bridgehead atoms. The maximum atomic E-state index is 12.5. The Morgan fingerprint density at radius 3 is 2.14 bits per heavy atom. The zero-order chi connectivity index (χ0) is 16.0. The molecule has 116 valence electrons. The van der Waals surface area contributed by atoms with Crippen LogP contribution in [0.2, 0.25) is 0 Å². The molecule has 1 aromatic rings. The standard InChI is InChI=1S/C16H24N2O3/c1-15(2)14(16(15,3)4)18-13(19)10-7-9(20-5)8-11(21-6)12(10)17/h7-8,14H,17H2,1-6H3,(H,18,19). The van der Waals surface area contributed by atoms with E-state index in [-0.39, 0.29) is 22.8 Å². The zero-order valence-corrected chi connectivity index (χ0v) is 13.5. The van der Waals surface area contributed by atoms with Crippen LogP contribution in [0.15, 0.2) is 12.1 Å². The van der Waals surface area contributed by atoms with E-state index in [1.165, 1.54) is 7.11 Å². The zero-order valence-electron chi connectivity index (χ0n) is 13.5. The highest BCUT2D eigenvalue weighted by molar-refractivity contribution is 6.01. The Hall–Kier alpha value is -1.91. The summed E-state index contributed by atoms with van der Waals surface area (Å²) in [4.78, 5) is 12.5. The number of carbonyl (C=O) groups is 1. The predicted molar refractivity (Wildman–Crippen MR) is 82.8 cm³/mol. The maximum absolute atomic E-state index is 12.5. The molecule has 1 saturated carbocycles. The minimum atomic E-state index is -0.201. The Morgan fingerprint density at radius 2 is 1.71 bits per heavy atom. The van der Waals surface area contributed by atoms with Crippen LogP contribution in [0.4, 0.5) is 5.69 Å². The van der Waals surface area contributed by atoms with Crippen molar-refractivity contribution < 1.29 is 14.3 Å². The Balaban J connectivity index is 2.28. The summed E-state index contributed by atoms with van der Waals surface area (Å²) >= 11 is 0. The first-order valence-electron chi connectivity index (χ1n) is 6.99. The van der Waals surface area contributed by atoms with E-state index >= 15 is 0 Å². The van der Waals surface area contributed by atoms with E-state index < -0.39 is 0 Å². The molecule has 0 aliphatic heterocycles. The fourth-order valence-corrected chi connectivity index (χ4v) is 2.84. The van der Waals surface area contributed by atoms with Gasteiger partial charge in [0, 0.05) is 12.1 Å². The second kappa shape index (κ2) is 4.83. The molecule has 1 fully saturated rings. The summed E-state index contributed by atoms with van der Waals surface area (Å²) in [6.45, 7) is 8.59. The lowest BCUT2D eigenvalue weighted by Gasteiger charge is -2.13. The van der Waals surface area contributed by atoms with E-state index in [4.69, 9.17) is 15.2 Å². The summed E-state index contributed by atoms with van der Waals surface area (Å²) in [6, 6.07) is 3.42. The van der Waals surface area contributed by atoms with Crippen LogP contribution >= 0.6 is 0 Å². The number of benzene rings is 1. The molecule has 1 amide bonds. The highest BCUT2D eigenvalue weighted by Crippen LogP contribution is 2.62. The first kappa shape index (κ1) is 15.5. The summed E-state index contributed by atoms with van der Waals surface area (Å²) in [5.41, 5.74) is 6.85. The van der Waals surface area contributed by atoms with Crippen molar-refractivity contribution in [1.82, 2.24) is 5.32 Å². The van der Waals surface area contributed by atoms with E-state index in [1.54, 1.807) is 19.2 Å². The highest BCUT2D eigenvalue weighted by atomic mass is 16.5. The van der Waals surface area contributed by atoms with Gasteiger partial charge < -0.3 is 20.5 Å². The highest BCUT2D eigenvalue weighted by Gasteiger charge is 2.65. The molecular formula is C16H24N2O3. The van der Waals surface area contributed by atoms with Gasteiger partial charge in [-0.25, -0.2) is 0 Å². The van der Waals surface area contributed by atoms with Crippen molar-refractivity contribution in [2.75, 3.05) is 20.0 Å². The number of hydrogen-bond acceptors (Lipinski definition) is 4. The van der Waals surface area contributed by atoms with Gasteiger partial charge in [-0.15, -0.1) is 0 Å². The third kappa shape index (κ3) is 2.30. The van der Waals surface area contributed by atoms with Gasteiger partial charge in [-0.1, -0.05) is 27.7 Å². The van der Waals surface area contributed by atoms with Crippen LogP contribution in [-0.4, -0.2) is 26.2 Å². The Kier molecular flexibility index (Phi) is 3.56. The number of hydrogen-bond donors (Lipinski definition) is 2. The lowest BCUT2D eigenvalue weighted by Crippen LogP contribution is -2.30. The third-order valence-electron chi connectivity index (χ3n) is 5.11. The Labute approximate surface area is 125 Å². The van der Waals surface area contributed by atoms with Crippen LogP contribution in [0.3, 0.4) is 0 Å². The average molecular weight is 292 g/mol. The smallest absolute Gasteiger partial charge is 0.253 e. The summed E-state index contributed by atoms with van der Waals surface area (Å²) in [5, 5.41) is 3.06. The molecule has 0 atom stereocenters. The average Bonchev–Trinajstić information content (AvgIpc) is 2.81. The van der Waals surface area contributed by atoms with E-state index in [9.17, 15) is 4.79 Å². The van der Waals surface area contributed by atoms with E-state index in [2.05, 4.69) is 33.0 Å². The number of anilines is 1. The predicted octanol–water partition coefficient (Wildman–Crippen LogP) is 2.45. The van der Waals surface area contributed by atoms with Crippen molar-refractivity contribution in [1.29, 1.82) is 0 Å². The Morgan fingerprint density at radius 1 is 1.14 bits per heavy atom. The van der Waals surface area contributed by atoms with Crippen LogP contribution in [0.5, 0.6) is 11.5 Å². The summed E-state index contributed by atoms with van der Waals surface area (Å²) in [5.74, 6) is 0.780. The number of nitrogen functional groups attached to an aromatic ring is 1. The van der Waals surface area contributed by atoms with Crippen molar-refractivity contribution in [2.24, 2.45) is 10.8 Å². The molecule has 1 aromatic carbocycles.